The Morgan fingerprint density at radius 2 is 2.07 bits per heavy atom. The summed E-state index contributed by atoms with van der Waals surface area (Å²) in [5, 5.41) is 3.09. The lowest BCUT2D eigenvalue weighted by molar-refractivity contribution is -0.126. The van der Waals surface area contributed by atoms with Crippen molar-refractivity contribution in [2.75, 3.05) is 25.4 Å². The van der Waals surface area contributed by atoms with Gasteiger partial charge < -0.3 is 14.5 Å². The van der Waals surface area contributed by atoms with E-state index in [0.717, 1.165) is 0 Å². The maximum absolute atomic E-state index is 12.0. The number of benzene rings is 1. The van der Waals surface area contributed by atoms with E-state index in [9.17, 15) is 19.2 Å². The van der Waals surface area contributed by atoms with Crippen LogP contribution in [0, 0.1) is 0 Å². The lowest BCUT2D eigenvalue weighted by atomic mass is 10.2. The second-order valence-electron chi connectivity index (χ2n) is 5.51. The highest BCUT2D eigenvalue weighted by Crippen LogP contribution is 2.18. The third-order valence-electron chi connectivity index (χ3n) is 3.69. The van der Waals surface area contributed by atoms with Gasteiger partial charge in [0.05, 0.1) is 5.75 Å². The van der Waals surface area contributed by atoms with Gasteiger partial charge in [0.2, 0.25) is 5.91 Å². The van der Waals surface area contributed by atoms with Gasteiger partial charge in [-0.2, -0.15) is 0 Å². The molecule has 0 spiro atoms. The number of carbonyl (C=O) groups is 3. The van der Waals surface area contributed by atoms with Gasteiger partial charge in [-0.3, -0.25) is 14.5 Å². The van der Waals surface area contributed by atoms with Crippen LogP contribution in [0.1, 0.15) is 10.4 Å². The van der Waals surface area contributed by atoms with Gasteiger partial charge in [-0.1, -0.05) is 42.2 Å². The highest BCUT2D eigenvalue weighted by Gasteiger charge is 2.26. The third-order valence-corrected chi connectivity index (χ3v) is 5.13. The average molecular weight is 406 g/mol. The van der Waals surface area contributed by atoms with E-state index in [1.54, 1.807) is 24.3 Å². The summed E-state index contributed by atoms with van der Waals surface area (Å²) in [6.45, 7) is -0.141. The fraction of sp³-hybridized carbons (Fsp3) is 0.235. The first-order valence-electron chi connectivity index (χ1n) is 7.89. The number of hydrogen-bond acceptors (Lipinski definition) is 8. The van der Waals surface area contributed by atoms with Gasteiger partial charge in [-0.25, -0.2) is 9.59 Å². The van der Waals surface area contributed by atoms with Crippen molar-refractivity contribution in [3.8, 4) is 0 Å². The maximum atomic E-state index is 12.0. The Bertz CT molecular complexity index is 971. The van der Waals surface area contributed by atoms with Crippen molar-refractivity contribution >= 4 is 57.1 Å². The number of hydrogen-bond donors (Lipinski definition) is 1. The number of thioether (sulfide) groups is 1. The molecule has 1 aromatic heterocycles. The molecule has 2 aromatic rings. The number of para-hydroxylation sites is 1. The van der Waals surface area contributed by atoms with Crippen molar-refractivity contribution in [2.45, 2.75) is 0 Å². The monoisotopic (exact) mass is 406 g/mol. The molecule has 0 radical (unpaired) electrons. The van der Waals surface area contributed by atoms with Crippen LogP contribution in [-0.4, -0.2) is 52.5 Å². The van der Waals surface area contributed by atoms with Crippen LogP contribution in [0.25, 0.3) is 11.0 Å². The van der Waals surface area contributed by atoms with Crippen LogP contribution in [0.3, 0.4) is 0 Å². The summed E-state index contributed by atoms with van der Waals surface area (Å²) < 4.78 is 10.4. The summed E-state index contributed by atoms with van der Waals surface area (Å²) in [4.78, 5) is 48.7. The molecule has 10 heteroatoms. The number of fused-ring (bicyclic) bond motifs is 1. The van der Waals surface area contributed by atoms with Crippen LogP contribution < -0.4 is 10.9 Å². The highest BCUT2D eigenvalue weighted by molar-refractivity contribution is 8.23. The second-order valence-corrected chi connectivity index (χ2v) is 7.12. The van der Waals surface area contributed by atoms with Crippen molar-refractivity contribution in [3.63, 3.8) is 0 Å². The molecule has 1 saturated heterocycles. The lowest BCUT2D eigenvalue weighted by Crippen LogP contribution is -2.38. The van der Waals surface area contributed by atoms with Crippen molar-refractivity contribution in [1.29, 1.82) is 0 Å². The zero-order valence-electron chi connectivity index (χ0n) is 13.9. The summed E-state index contributed by atoms with van der Waals surface area (Å²) in [6.07, 6.45) is 0. The Kier molecular flexibility index (Phi) is 5.87. The molecule has 0 bridgehead atoms. The summed E-state index contributed by atoms with van der Waals surface area (Å²) in [6, 6.07) is 8.09. The number of ether oxygens (including phenoxy) is 1. The van der Waals surface area contributed by atoms with Gasteiger partial charge in [-0.05, 0) is 12.1 Å². The molecule has 1 aliphatic heterocycles. The SMILES string of the molecule is O=C(COC(=O)c1cc2ccccc2oc1=O)NCCN1C(=O)CSC1=S. The molecule has 0 saturated carbocycles. The quantitative estimate of drug-likeness (QED) is 0.429. The van der Waals surface area contributed by atoms with E-state index in [2.05, 4.69) is 5.32 Å². The Balaban J connectivity index is 1.51. The normalized spacial score (nSPS) is 13.9. The fourth-order valence-electron chi connectivity index (χ4n) is 2.37. The van der Waals surface area contributed by atoms with E-state index in [-0.39, 0.29) is 24.6 Å². The van der Waals surface area contributed by atoms with E-state index >= 15 is 0 Å². The van der Waals surface area contributed by atoms with E-state index in [0.29, 0.717) is 21.0 Å². The average Bonchev–Trinajstić information content (AvgIpc) is 2.97. The van der Waals surface area contributed by atoms with E-state index in [1.807, 2.05) is 0 Å². The molecular formula is C17H14N2O6S2. The first-order valence-corrected chi connectivity index (χ1v) is 9.29. The second kappa shape index (κ2) is 8.31. The Morgan fingerprint density at radius 3 is 2.81 bits per heavy atom. The summed E-state index contributed by atoms with van der Waals surface area (Å²) in [5.41, 5.74) is -0.770. The van der Waals surface area contributed by atoms with Crippen LogP contribution in [-0.2, 0) is 14.3 Å². The molecule has 8 nitrogen and oxygen atoms in total. The molecule has 0 aliphatic carbocycles. The molecule has 1 aliphatic rings. The smallest absolute Gasteiger partial charge is 0.351 e. The van der Waals surface area contributed by atoms with Crippen molar-refractivity contribution in [3.05, 3.63) is 46.3 Å². The minimum atomic E-state index is -0.947. The minimum absolute atomic E-state index is 0.103. The predicted octanol–water partition coefficient (Wildman–Crippen LogP) is 0.926. The molecule has 27 heavy (non-hydrogen) atoms. The zero-order chi connectivity index (χ0) is 19.4. The molecule has 0 unspecified atom stereocenters. The minimum Gasteiger partial charge on any atom is -0.452 e. The topological polar surface area (TPSA) is 106 Å². The molecule has 1 fully saturated rings. The Hall–Kier alpha value is -2.72. The van der Waals surface area contributed by atoms with Crippen LogP contribution in [0.5, 0.6) is 0 Å². The molecule has 140 valence electrons. The molecular weight excluding hydrogens is 392 g/mol. The van der Waals surface area contributed by atoms with E-state index in [1.165, 1.54) is 22.7 Å². The number of thiocarbonyl (C=S) groups is 1. The van der Waals surface area contributed by atoms with Crippen molar-refractivity contribution < 1.29 is 23.5 Å². The Morgan fingerprint density at radius 1 is 1.30 bits per heavy atom. The molecule has 2 heterocycles. The summed E-state index contributed by atoms with van der Waals surface area (Å²) >= 11 is 6.30. The fourth-order valence-corrected chi connectivity index (χ4v) is 3.49. The van der Waals surface area contributed by atoms with Crippen LogP contribution in [0.4, 0.5) is 0 Å². The largest absolute Gasteiger partial charge is 0.452 e. The number of carbonyl (C=O) groups excluding carboxylic acids is 3. The van der Waals surface area contributed by atoms with Gasteiger partial charge in [0, 0.05) is 18.5 Å². The van der Waals surface area contributed by atoms with E-state index < -0.39 is 24.1 Å². The van der Waals surface area contributed by atoms with E-state index in [4.69, 9.17) is 21.4 Å². The van der Waals surface area contributed by atoms with Gasteiger partial charge in [-0.15, -0.1) is 0 Å². The Labute approximate surface area is 162 Å². The standard InChI is InChI=1S/C17H14N2O6S2/c20-13(18-5-6-19-14(21)9-27-17(19)26)8-24-15(22)11-7-10-3-1-2-4-12(10)25-16(11)23/h1-4,7H,5-6,8-9H2,(H,18,20). The van der Waals surface area contributed by atoms with Gasteiger partial charge >= 0.3 is 11.6 Å². The van der Waals surface area contributed by atoms with Crippen molar-refractivity contribution in [2.24, 2.45) is 0 Å². The van der Waals surface area contributed by atoms with Crippen LogP contribution >= 0.6 is 24.0 Å². The van der Waals surface area contributed by atoms with Gasteiger partial charge in [0.25, 0.3) is 5.91 Å². The predicted molar refractivity (Wildman–Crippen MR) is 103 cm³/mol. The molecule has 2 amide bonds. The van der Waals surface area contributed by atoms with Crippen molar-refractivity contribution in [1.82, 2.24) is 10.2 Å². The number of rotatable bonds is 6. The third kappa shape index (κ3) is 4.52. The molecule has 1 aromatic carbocycles. The van der Waals surface area contributed by atoms with Gasteiger partial charge in [0.1, 0.15) is 15.5 Å². The number of nitrogens with zero attached hydrogens (tertiary/aromatic N) is 1. The van der Waals surface area contributed by atoms with Crippen LogP contribution in [0.2, 0.25) is 0 Å². The first kappa shape index (κ1) is 19.1. The number of amides is 2. The molecule has 3 rings (SSSR count). The van der Waals surface area contributed by atoms with Crippen LogP contribution in [0.15, 0.2) is 39.5 Å². The van der Waals surface area contributed by atoms with Gasteiger partial charge in [0.15, 0.2) is 6.61 Å². The maximum Gasteiger partial charge on any atom is 0.351 e. The molecule has 1 N–H and O–H groups in total. The number of nitrogens with one attached hydrogen (secondary N) is 1. The summed E-state index contributed by atoms with van der Waals surface area (Å²) in [7, 11) is 0. The lowest BCUT2D eigenvalue weighted by Gasteiger charge is -2.15. The highest BCUT2D eigenvalue weighted by atomic mass is 32.2. The molecule has 0 atom stereocenters. The first-order chi connectivity index (χ1) is 13.0. The summed E-state index contributed by atoms with van der Waals surface area (Å²) in [5.74, 6) is -1.30. The number of esters is 1. The zero-order valence-corrected chi connectivity index (χ0v) is 15.6.